The second-order valence-corrected chi connectivity index (χ2v) is 10.9. The Labute approximate surface area is 197 Å². The molecule has 3 N–H and O–H groups in total. The number of amides is 1. The molecule has 33 heavy (non-hydrogen) atoms. The Bertz CT molecular complexity index is 1420. The van der Waals surface area contributed by atoms with E-state index in [-0.39, 0.29) is 16.7 Å². The van der Waals surface area contributed by atoms with E-state index in [1.54, 1.807) is 17.7 Å². The van der Waals surface area contributed by atoms with Gasteiger partial charge in [0, 0.05) is 29.6 Å². The minimum absolute atomic E-state index is 0.0426. The number of aromatic nitrogens is 3. The number of hydrogen-bond donors (Lipinski definition) is 3. The highest BCUT2D eigenvalue weighted by molar-refractivity contribution is 7.19. The average molecular weight is 482 g/mol. The van der Waals surface area contributed by atoms with E-state index >= 15 is 0 Å². The maximum Gasteiger partial charge on any atom is 0.305 e. The molecule has 1 aromatic carbocycles. The molecule has 10 heteroatoms. The summed E-state index contributed by atoms with van der Waals surface area (Å²) in [5.74, 6) is 0.878. The number of aryl methyl sites for hydroxylation is 1. The van der Waals surface area contributed by atoms with Crippen LogP contribution in [0.1, 0.15) is 29.7 Å². The molecule has 1 amide bonds. The zero-order valence-corrected chi connectivity index (χ0v) is 19.5. The smallest absolute Gasteiger partial charge is 0.305 e. The lowest BCUT2D eigenvalue weighted by atomic mass is 9.86. The van der Waals surface area contributed by atoms with Crippen LogP contribution in [0.3, 0.4) is 0 Å². The van der Waals surface area contributed by atoms with Crippen molar-refractivity contribution in [2.75, 3.05) is 18.4 Å². The van der Waals surface area contributed by atoms with Crippen molar-refractivity contribution in [3.63, 3.8) is 0 Å². The molecule has 2 atom stereocenters. The molecule has 1 fully saturated rings. The summed E-state index contributed by atoms with van der Waals surface area (Å²) >= 11 is 2.83. The first-order valence-electron chi connectivity index (χ1n) is 11.2. The summed E-state index contributed by atoms with van der Waals surface area (Å²) in [6.07, 6.45) is 5.12. The van der Waals surface area contributed by atoms with Gasteiger partial charge >= 0.3 is 4.87 Å². The maximum absolute atomic E-state index is 13.1. The number of piperidine rings is 1. The van der Waals surface area contributed by atoms with Gasteiger partial charge in [-0.25, -0.2) is 9.97 Å². The van der Waals surface area contributed by atoms with E-state index in [1.807, 2.05) is 23.1 Å². The van der Waals surface area contributed by atoms with Gasteiger partial charge in [-0.15, -0.1) is 11.3 Å². The molecule has 1 aliphatic heterocycles. The monoisotopic (exact) mass is 481 g/mol. The number of anilines is 2. The van der Waals surface area contributed by atoms with Crippen LogP contribution in [0.25, 0.3) is 20.4 Å². The molecule has 0 radical (unpaired) electrons. The Kier molecular flexibility index (Phi) is 5.16. The van der Waals surface area contributed by atoms with Crippen molar-refractivity contribution in [3.05, 3.63) is 44.6 Å². The Morgan fingerprint density at radius 3 is 3.03 bits per heavy atom. The third-order valence-corrected chi connectivity index (χ3v) is 8.59. The lowest BCUT2D eigenvalue weighted by Crippen LogP contribution is -2.45. The van der Waals surface area contributed by atoms with E-state index in [2.05, 4.69) is 20.3 Å². The number of carbonyl (C=O) groups excluding carboxylic acids is 1. The Hall–Kier alpha value is -2.82. The van der Waals surface area contributed by atoms with Gasteiger partial charge in [0.15, 0.2) is 0 Å². The van der Waals surface area contributed by atoms with Gasteiger partial charge in [-0.2, -0.15) is 0 Å². The molecule has 170 valence electrons. The van der Waals surface area contributed by atoms with Crippen LogP contribution in [0.4, 0.5) is 11.5 Å². The first-order chi connectivity index (χ1) is 16.0. The SMILES string of the molecule is O=C([C@@H]1CCc2c(sc3ncnc(Nc4ccc5[nH]c(=O)sc5c4)c23)C1)N1CCCC(O)C1. The maximum atomic E-state index is 13.1. The Balaban J connectivity index is 1.29. The number of β-amino-alcohol motifs (C(OH)–C–C–N with tert-alkyl or cyclic N) is 1. The number of hydrogen-bond acceptors (Lipinski definition) is 8. The molecule has 4 heterocycles. The summed E-state index contributed by atoms with van der Waals surface area (Å²) in [4.78, 5) is 40.5. The lowest BCUT2D eigenvalue weighted by molar-refractivity contribution is -0.138. The van der Waals surface area contributed by atoms with Crippen LogP contribution in [0, 0.1) is 5.92 Å². The first kappa shape index (κ1) is 20.8. The number of aliphatic hydroxyl groups is 1. The second kappa shape index (κ2) is 8.19. The zero-order chi connectivity index (χ0) is 22.5. The predicted octanol–water partition coefficient (Wildman–Crippen LogP) is 3.43. The van der Waals surface area contributed by atoms with Crippen LogP contribution in [0.2, 0.25) is 0 Å². The highest BCUT2D eigenvalue weighted by Crippen LogP contribution is 2.41. The topological polar surface area (TPSA) is 111 Å². The van der Waals surface area contributed by atoms with E-state index in [4.69, 9.17) is 0 Å². The lowest BCUT2D eigenvalue weighted by Gasteiger charge is -2.34. The standard InChI is InChI=1S/C23H23N5O3S2/c29-14-2-1-7-28(10-14)22(30)12-3-5-15-17(8-12)32-21-19(15)20(24-11-25-21)26-13-4-6-16-18(9-13)33-23(31)27-16/h4,6,9,11-12,14,29H,1-3,5,7-8,10H2,(H,27,31)(H,24,25,26)/t12-,14?/m1/s1. The fourth-order valence-corrected chi connectivity index (χ4v) is 7.03. The normalized spacial score (nSPS) is 20.8. The number of nitrogens with zero attached hydrogens (tertiary/aromatic N) is 3. The molecular formula is C23H23N5O3S2. The number of H-pyrrole nitrogens is 1. The molecule has 4 aromatic rings. The second-order valence-electron chi connectivity index (χ2n) is 8.78. The van der Waals surface area contributed by atoms with Crippen molar-refractivity contribution in [1.82, 2.24) is 19.9 Å². The first-order valence-corrected chi connectivity index (χ1v) is 12.8. The molecule has 1 aliphatic carbocycles. The quantitative estimate of drug-likeness (QED) is 0.413. The van der Waals surface area contributed by atoms with Crippen molar-refractivity contribution in [2.45, 2.75) is 38.2 Å². The number of nitrogens with one attached hydrogen (secondary N) is 2. The molecule has 6 rings (SSSR count). The average Bonchev–Trinajstić information content (AvgIpc) is 3.37. The summed E-state index contributed by atoms with van der Waals surface area (Å²) in [6, 6.07) is 5.77. The van der Waals surface area contributed by atoms with Crippen LogP contribution in [0.15, 0.2) is 29.3 Å². The van der Waals surface area contributed by atoms with Gasteiger partial charge in [-0.05, 0) is 55.9 Å². The van der Waals surface area contributed by atoms with E-state index in [0.29, 0.717) is 13.0 Å². The van der Waals surface area contributed by atoms with Gasteiger partial charge in [-0.1, -0.05) is 11.3 Å². The molecule has 0 spiro atoms. The highest BCUT2D eigenvalue weighted by Gasteiger charge is 2.33. The van der Waals surface area contributed by atoms with Crippen molar-refractivity contribution >= 4 is 60.5 Å². The number of benzene rings is 1. The molecule has 1 unspecified atom stereocenters. The Morgan fingerprint density at radius 2 is 2.15 bits per heavy atom. The van der Waals surface area contributed by atoms with Crippen LogP contribution in [0.5, 0.6) is 0 Å². The molecule has 2 aliphatic rings. The summed E-state index contributed by atoms with van der Waals surface area (Å²) in [7, 11) is 0. The molecule has 3 aromatic heterocycles. The van der Waals surface area contributed by atoms with Gasteiger partial charge < -0.3 is 20.3 Å². The van der Waals surface area contributed by atoms with Crippen molar-refractivity contribution < 1.29 is 9.90 Å². The van der Waals surface area contributed by atoms with Crippen LogP contribution in [-0.4, -0.2) is 50.1 Å². The highest BCUT2D eigenvalue weighted by atomic mass is 32.1. The Morgan fingerprint density at radius 1 is 1.24 bits per heavy atom. The molecule has 0 bridgehead atoms. The number of thiazole rings is 1. The third-order valence-electron chi connectivity index (χ3n) is 6.59. The fourth-order valence-electron chi connectivity index (χ4n) is 4.99. The van der Waals surface area contributed by atoms with Crippen molar-refractivity contribution in [2.24, 2.45) is 5.92 Å². The minimum atomic E-state index is -0.401. The predicted molar refractivity (Wildman–Crippen MR) is 130 cm³/mol. The number of fused-ring (bicyclic) bond motifs is 4. The van der Waals surface area contributed by atoms with Crippen LogP contribution >= 0.6 is 22.7 Å². The number of thiophene rings is 1. The van der Waals surface area contributed by atoms with Crippen molar-refractivity contribution in [1.29, 1.82) is 0 Å². The largest absolute Gasteiger partial charge is 0.391 e. The molecular weight excluding hydrogens is 458 g/mol. The summed E-state index contributed by atoms with van der Waals surface area (Å²) in [6.45, 7) is 1.19. The van der Waals surface area contributed by atoms with Crippen LogP contribution < -0.4 is 10.2 Å². The number of aliphatic hydroxyl groups excluding tert-OH is 1. The van der Waals surface area contributed by atoms with Crippen molar-refractivity contribution in [3.8, 4) is 0 Å². The third kappa shape index (κ3) is 3.81. The van der Waals surface area contributed by atoms with E-state index in [1.165, 1.54) is 21.8 Å². The van der Waals surface area contributed by atoms with Crippen LogP contribution in [-0.2, 0) is 17.6 Å². The minimum Gasteiger partial charge on any atom is -0.391 e. The summed E-state index contributed by atoms with van der Waals surface area (Å²) in [5.41, 5.74) is 2.92. The van der Waals surface area contributed by atoms with E-state index in [9.17, 15) is 14.7 Å². The van der Waals surface area contributed by atoms with E-state index < -0.39 is 6.10 Å². The number of carbonyl (C=O) groups is 1. The van der Waals surface area contributed by atoms with Gasteiger partial charge in [0.25, 0.3) is 0 Å². The van der Waals surface area contributed by atoms with Gasteiger partial charge in [0.2, 0.25) is 5.91 Å². The number of likely N-dealkylation sites (tertiary alicyclic amines) is 1. The molecule has 0 saturated carbocycles. The number of rotatable bonds is 3. The molecule has 8 nitrogen and oxygen atoms in total. The summed E-state index contributed by atoms with van der Waals surface area (Å²) in [5, 5.41) is 14.4. The molecule has 1 saturated heterocycles. The van der Waals surface area contributed by atoms with Gasteiger partial charge in [0.05, 0.1) is 21.7 Å². The zero-order valence-electron chi connectivity index (χ0n) is 17.8. The van der Waals surface area contributed by atoms with Gasteiger partial charge in [0.1, 0.15) is 17.0 Å². The van der Waals surface area contributed by atoms with E-state index in [0.717, 1.165) is 64.2 Å². The fraction of sp³-hybridized carbons (Fsp3) is 0.391. The van der Waals surface area contributed by atoms with Gasteiger partial charge in [-0.3, -0.25) is 9.59 Å². The number of aromatic amines is 1. The summed E-state index contributed by atoms with van der Waals surface area (Å²) < 4.78 is 0.895.